The second-order valence-electron chi connectivity index (χ2n) is 6.03. The first-order valence-electron chi connectivity index (χ1n) is 8.93. The molecular weight excluding hydrogens is 240 g/mol. The SMILES string of the molecule is CCCCCCc1cccc(CCCCCC)c1CC. The summed E-state index contributed by atoms with van der Waals surface area (Å²) in [5.41, 5.74) is 4.90. The molecule has 0 saturated carbocycles. The van der Waals surface area contributed by atoms with Gasteiger partial charge in [0.15, 0.2) is 0 Å². The molecule has 1 rings (SSSR count). The predicted octanol–water partition coefficient (Wildman–Crippen LogP) is 6.49. The number of hydrogen-bond donors (Lipinski definition) is 0. The average Bonchev–Trinajstić information content (AvgIpc) is 2.48. The zero-order valence-electron chi connectivity index (χ0n) is 14.0. The van der Waals surface area contributed by atoms with Gasteiger partial charge in [0.05, 0.1) is 0 Å². The van der Waals surface area contributed by atoms with Gasteiger partial charge in [-0.3, -0.25) is 0 Å². The van der Waals surface area contributed by atoms with Crippen LogP contribution >= 0.6 is 0 Å². The van der Waals surface area contributed by atoms with Gasteiger partial charge in [-0.1, -0.05) is 77.5 Å². The maximum absolute atomic E-state index is 2.36. The van der Waals surface area contributed by atoms with Crippen LogP contribution in [0, 0.1) is 0 Å². The van der Waals surface area contributed by atoms with Crippen LogP contribution in [0.4, 0.5) is 0 Å². The summed E-state index contributed by atoms with van der Waals surface area (Å²) in [6.45, 7) is 6.89. The number of benzene rings is 1. The average molecular weight is 274 g/mol. The van der Waals surface area contributed by atoms with E-state index in [0.29, 0.717) is 0 Å². The van der Waals surface area contributed by atoms with Gasteiger partial charge in [-0.2, -0.15) is 0 Å². The standard InChI is InChI=1S/C20H34/c1-4-7-9-11-14-18-16-13-17-19(20(18)6-3)15-12-10-8-5-2/h13,16-17H,4-12,14-15H2,1-3H3. The third-order valence-electron chi connectivity index (χ3n) is 4.32. The molecule has 20 heavy (non-hydrogen) atoms. The Morgan fingerprint density at radius 2 is 1.15 bits per heavy atom. The Kier molecular flexibility index (Phi) is 9.45. The number of hydrogen-bond acceptors (Lipinski definition) is 0. The minimum absolute atomic E-state index is 1.20. The van der Waals surface area contributed by atoms with Crippen LogP contribution < -0.4 is 0 Å². The molecule has 114 valence electrons. The van der Waals surface area contributed by atoms with E-state index in [1.165, 1.54) is 70.6 Å². The summed E-state index contributed by atoms with van der Waals surface area (Å²) in [7, 11) is 0. The van der Waals surface area contributed by atoms with Crippen LogP contribution in [0.1, 0.15) is 88.8 Å². The molecule has 0 heteroatoms. The molecule has 0 aliphatic rings. The van der Waals surface area contributed by atoms with Gasteiger partial charge in [-0.25, -0.2) is 0 Å². The lowest BCUT2D eigenvalue weighted by Crippen LogP contribution is -2.00. The van der Waals surface area contributed by atoms with Crippen LogP contribution in [0.5, 0.6) is 0 Å². The van der Waals surface area contributed by atoms with Gasteiger partial charge in [0.2, 0.25) is 0 Å². The second-order valence-corrected chi connectivity index (χ2v) is 6.03. The Hall–Kier alpha value is -0.780. The van der Waals surface area contributed by atoms with E-state index in [9.17, 15) is 0 Å². The highest BCUT2D eigenvalue weighted by atomic mass is 14.1. The molecule has 0 heterocycles. The van der Waals surface area contributed by atoms with E-state index in [1.54, 1.807) is 16.7 Å². The van der Waals surface area contributed by atoms with E-state index in [0.717, 1.165) is 0 Å². The smallest absolute Gasteiger partial charge is 0.0276 e. The van der Waals surface area contributed by atoms with Crippen LogP contribution in [0.3, 0.4) is 0 Å². The van der Waals surface area contributed by atoms with Crippen LogP contribution in [-0.4, -0.2) is 0 Å². The Bertz CT molecular complexity index is 321. The number of unbranched alkanes of at least 4 members (excludes halogenated alkanes) is 6. The highest BCUT2D eigenvalue weighted by Gasteiger charge is 2.06. The summed E-state index contributed by atoms with van der Waals surface area (Å²) >= 11 is 0. The van der Waals surface area contributed by atoms with Gasteiger partial charge in [-0.15, -0.1) is 0 Å². The molecule has 0 saturated heterocycles. The van der Waals surface area contributed by atoms with Crippen molar-refractivity contribution in [2.45, 2.75) is 91.4 Å². The summed E-state index contributed by atoms with van der Waals surface area (Å²) in [4.78, 5) is 0. The minimum Gasteiger partial charge on any atom is -0.0654 e. The van der Waals surface area contributed by atoms with E-state index in [4.69, 9.17) is 0 Å². The fourth-order valence-electron chi connectivity index (χ4n) is 3.09. The minimum atomic E-state index is 1.20. The van der Waals surface area contributed by atoms with Gasteiger partial charge in [0.1, 0.15) is 0 Å². The molecule has 0 amide bonds. The second kappa shape index (κ2) is 10.9. The first-order valence-corrected chi connectivity index (χ1v) is 8.93. The first-order chi connectivity index (χ1) is 9.83. The molecule has 0 bridgehead atoms. The molecular formula is C20H34. The van der Waals surface area contributed by atoms with Crippen molar-refractivity contribution in [2.24, 2.45) is 0 Å². The van der Waals surface area contributed by atoms with Crippen LogP contribution in [-0.2, 0) is 19.3 Å². The predicted molar refractivity (Wildman–Crippen MR) is 91.5 cm³/mol. The zero-order valence-corrected chi connectivity index (χ0v) is 14.0. The lowest BCUT2D eigenvalue weighted by molar-refractivity contribution is 0.656. The van der Waals surface area contributed by atoms with Crippen molar-refractivity contribution < 1.29 is 0 Å². The van der Waals surface area contributed by atoms with Crippen molar-refractivity contribution in [3.8, 4) is 0 Å². The highest BCUT2D eigenvalue weighted by Crippen LogP contribution is 2.20. The normalized spacial score (nSPS) is 10.9. The molecule has 0 aromatic heterocycles. The van der Waals surface area contributed by atoms with Gasteiger partial charge >= 0.3 is 0 Å². The molecule has 0 aliphatic heterocycles. The van der Waals surface area contributed by atoms with E-state index in [1.807, 2.05) is 0 Å². The number of aryl methyl sites for hydroxylation is 2. The largest absolute Gasteiger partial charge is 0.0654 e. The van der Waals surface area contributed by atoms with E-state index in [2.05, 4.69) is 39.0 Å². The van der Waals surface area contributed by atoms with E-state index < -0.39 is 0 Å². The topological polar surface area (TPSA) is 0 Å². The molecule has 0 aliphatic carbocycles. The van der Waals surface area contributed by atoms with Gasteiger partial charge < -0.3 is 0 Å². The van der Waals surface area contributed by atoms with E-state index in [-0.39, 0.29) is 0 Å². The quantitative estimate of drug-likeness (QED) is 0.404. The van der Waals surface area contributed by atoms with E-state index >= 15 is 0 Å². The maximum Gasteiger partial charge on any atom is -0.0276 e. The first kappa shape index (κ1) is 17.3. The Morgan fingerprint density at radius 3 is 1.55 bits per heavy atom. The molecule has 0 unspecified atom stereocenters. The summed E-state index contributed by atoms with van der Waals surface area (Å²) in [5, 5.41) is 0. The lowest BCUT2D eigenvalue weighted by Gasteiger charge is -2.13. The van der Waals surface area contributed by atoms with Gasteiger partial charge in [0, 0.05) is 0 Å². The molecule has 1 aromatic carbocycles. The lowest BCUT2D eigenvalue weighted by atomic mass is 9.92. The molecule has 0 N–H and O–H groups in total. The molecule has 0 fully saturated rings. The van der Waals surface area contributed by atoms with Crippen LogP contribution in [0.25, 0.3) is 0 Å². The Labute approximate surface area is 127 Å². The third-order valence-corrected chi connectivity index (χ3v) is 4.32. The highest BCUT2D eigenvalue weighted by molar-refractivity contribution is 5.35. The van der Waals surface area contributed by atoms with Crippen molar-refractivity contribution in [2.75, 3.05) is 0 Å². The summed E-state index contributed by atoms with van der Waals surface area (Å²) in [5.74, 6) is 0. The fourth-order valence-corrected chi connectivity index (χ4v) is 3.09. The molecule has 0 spiro atoms. The summed E-state index contributed by atoms with van der Waals surface area (Å²) in [6.07, 6.45) is 14.7. The van der Waals surface area contributed by atoms with Crippen molar-refractivity contribution >= 4 is 0 Å². The Morgan fingerprint density at radius 1 is 0.650 bits per heavy atom. The zero-order chi connectivity index (χ0) is 14.6. The van der Waals surface area contributed by atoms with Crippen LogP contribution in [0.15, 0.2) is 18.2 Å². The maximum atomic E-state index is 2.36. The van der Waals surface area contributed by atoms with Gasteiger partial charge in [0.25, 0.3) is 0 Å². The summed E-state index contributed by atoms with van der Waals surface area (Å²) < 4.78 is 0. The van der Waals surface area contributed by atoms with Crippen molar-refractivity contribution in [3.05, 3.63) is 34.9 Å². The van der Waals surface area contributed by atoms with Crippen molar-refractivity contribution in [1.82, 2.24) is 0 Å². The molecule has 0 nitrogen and oxygen atoms in total. The van der Waals surface area contributed by atoms with Crippen LogP contribution in [0.2, 0.25) is 0 Å². The monoisotopic (exact) mass is 274 g/mol. The van der Waals surface area contributed by atoms with Gasteiger partial charge in [-0.05, 0) is 48.8 Å². The summed E-state index contributed by atoms with van der Waals surface area (Å²) in [6, 6.07) is 7.00. The molecule has 0 atom stereocenters. The number of rotatable bonds is 11. The molecule has 1 aromatic rings. The van der Waals surface area contributed by atoms with Crippen molar-refractivity contribution in [3.63, 3.8) is 0 Å². The fraction of sp³-hybridized carbons (Fsp3) is 0.700. The Balaban J connectivity index is 2.56. The third kappa shape index (κ3) is 6.11. The van der Waals surface area contributed by atoms with Crippen molar-refractivity contribution in [1.29, 1.82) is 0 Å². The molecule has 0 radical (unpaired) electrons.